The summed E-state index contributed by atoms with van der Waals surface area (Å²) in [4.78, 5) is 39.4. The molecule has 3 N–H and O–H groups in total. The van der Waals surface area contributed by atoms with Crippen molar-refractivity contribution in [3.05, 3.63) is 56.7 Å². The first kappa shape index (κ1) is 31.5. The van der Waals surface area contributed by atoms with E-state index in [0.717, 1.165) is 5.56 Å². The highest BCUT2D eigenvalue weighted by molar-refractivity contribution is 14.1. The van der Waals surface area contributed by atoms with Crippen molar-refractivity contribution in [3.63, 3.8) is 0 Å². The van der Waals surface area contributed by atoms with Crippen molar-refractivity contribution < 1.29 is 48.3 Å². The summed E-state index contributed by atoms with van der Waals surface area (Å²) < 4.78 is 28.5. The Labute approximate surface area is 256 Å². The van der Waals surface area contributed by atoms with Gasteiger partial charge in [0.25, 0.3) is 0 Å². The van der Waals surface area contributed by atoms with Gasteiger partial charge < -0.3 is 44.1 Å². The van der Waals surface area contributed by atoms with Gasteiger partial charge in [0.15, 0.2) is 23.0 Å². The van der Waals surface area contributed by atoms with Crippen LogP contribution < -0.4 is 24.3 Å². The SMILES string of the molecule is CCOCC(=O)N(Cc1ccc2c(c1)OCO2)[C@@H]1CC(C(=O)NCCO)=C[C@H](Oc2c(I)cc(C=O)cc2OC)[C@H]1O. The maximum atomic E-state index is 13.5. The van der Waals surface area contributed by atoms with Gasteiger partial charge in [0.1, 0.15) is 25.1 Å². The quantitative estimate of drug-likeness (QED) is 0.209. The summed E-state index contributed by atoms with van der Waals surface area (Å²) in [5, 5.41) is 23.5. The van der Waals surface area contributed by atoms with Crippen LogP contribution in [0.5, 0.6) is 23.0 Å². The van der Waals surface area contributed by atoms with Crippen LogP contribution in [0.2, 0.25) is 0 Å². The number of nitrogens with one attached hydrogen (secondary N) is 1. The fourth-order valence-corrected chi connectivity index (χ4v) is 5.49. The predicted molar refractivity (Wildman–Crippen MR) is 158 cm³/mol. The van der Waals surface area contributed by atoms with E-state index in [2.05, 4.69) is 5.32 Å². The van der Waals surface area contributed by atoms with Crippen LogP contribution in [0, 0.1) is 3.57 Å². The second-order valence-corrected chi connectivity index (χ2v) is 10.7. The Hall–Kier alpha value is -3.40. The van der Waals surface area contributed by atoms with E-state index in [1.807, 2.05) is 22.6 Å². The molecule has 1 aliphatic carbocycles. The van der Waals surface area contributed by atoms with Gasteiger partial charge in [-0.2, -0.15) is 0 Å². The molecule has 0 fully saturated rings. The standard InChI is InChI=1S/C29H33IN2O10/c1-3-39-15-26(35)32(13-17-4-5-22-23(9-17)41-16-40-22)21-11-19(29(37)31-6-7-33)12-24(27(21)36)42-28-20(30)8-18(14-34)10-25(28)38-2/h4-5,8-10,12,14,21,24,27,33,36H,3,6-7,11,13,15-16H2,1-2H3,(H,31,37)/t21-,24+,27+/m1/s1. The smallest absolute Gasteiger partial charge is 0.249 e. The molecule has 1 heterocycles. The van der Waals surface area contributed by atoms with Crippen molar-refractivity contribution in [1.29, 1.82) is 0 Å². The normalized spacial score (nSPS) is 19.1. The monoisotopic (exact) mass is 696 g/mol. The first-order valence-corrected chi connectivity index (χ1v) is 14.4. The topological polar surface area (TPSA) is 153 Å². The zero-order valence-electron chi connectivity index (χ0n) is 23.2. The average Bonchev–Trinajstić information content (AvgIpc) is 3.47. The number of hydrogen-bond acceptors (Lipinski definition) is 10. The molecular weight excluding hydrogens is 663 g/mol. The summed E-state index contributed by atoms with van der Waals surface area (Å²) in [5.74, 6) is 0.807. The second-order valence-electron chi connectivity index (χ2n) is 9.51. The minimum absolute atomic E-state index is 0.0129. The number of benzene rings is 2. The third-order valence-electron chi connectivity index (χ3n) is 6.80. The van der Waals surface area contributed by atoms with Crippen LogP contribution in [0.25, 0.3) is 0 Å². The molecule has 226 valence electrons. The molecule has 1 aliphatic heterocycles. The number of rotatable bonds is 13. The van der Waals surface area contributed by atoms with Gasteiger partial charge in [-0.3, -0.25) is 14.4 Å². The van der Waals surface area contributed by atoms with Gasteiger partial charge in [-0.25, -0.2) is 0 Å². The summed E-state index contributed by atoms with van der Waals surface area (Å²) in [6.07, 6.45) is -0.156. The Balaban J connectivity index is 1.71. The fraction of sp³-hybridized carbons (Fsp3) is 0.414. The molecule has 0 unspecified atom stereocenters. The molecular formula is C29H33IN2O10. The number of nitrogens with zero attached hydrogens (tertiary/aromatic N) is 1. The van der Waals surface area contributed by atoms with Crippen molar-refractivity contribution in [2.45, 2.75) is 38.1 Å². The number of aldehydes is 1. The number of carbonyl (C=O) groups excluding carboxylic acids is 3. The number of amides is 2. The lowest BCUT2D eigenvalue weighted by Gasteiger charge is -2.40. The lowest BCUT2D eigenvalue weighted by Crippen LogP contribution is -2.55. The average molecular weight is 696 g/mol. The van der Waals surface area contributed by atoms with Crippen molar-refractivity contribution in [2.75, 3.05) is 40.3 Å². The van der Waals surface area contributed by atoms with E-state index in [1.165, 1.54) is 24.2 Å². The maximum Gasteiger partial charge on any atom is 0.249 e. The van der Waals surface area contributed by atoms with Gasteiger partial charge in [0.2, 0.25) is 18.6 Å². The number of methoxy groups -OCH3 is 1. The zero-order chi connectivity index (χ0) is 30.2. The number of hydrogen-bond donors (Lipinski definition) is 3. The van der Waals surface area contributed by atoms with Crippen molar-refractivity contribution in [2.24, 2.45) is 0 Å². The number of aliphatic hydroxyl groups is 2. The summed E-state index contributed by atoms with van der Waals surface area (Å²) in [6.45, 7) is 1.80. The Morgan fingerprint density at radius 3 is 2.71 bits per heavy atom. The highest BCUT2D eigenvalue weighted by Gasteiger charge is 2.41. The van der Waals surface area contributed by atoms with E-state index >= 15 is 0 Å². The number of ether oxygens (including phenoxy) is 5. The molecule has 0 spiro atoms. The van der Waals surface area contributed by atoms with E-state index in [9.17, 15) is 24.6 Å². The van der Waals surface area contributed by atoms with E-state index in [-0.39, 0.29) is 56.6 Å². The second kappa shape index (κ2) is 14.7. The molecule has 13 heteroatoms. The molecule has 2 aliphatic rings. The van der Waals surface area contributed by atoms with Gasteiger partial charge in [-0.1, -0.05) is 6.07 Å². The lowest BCUT2D eigenvalue weighted by molar-refractivity contribution is -0.144. The lowest BCUT2D eigenvalue weighted by atomic mass is 9.87. The van der Waals surface area contributed by atoms with Gasteiger partial charge in [-0.15, -0.1) is 0 Å². The molecule has 2 amide bonds. The Morgan fingerprint density at radius 2 is 2.00 bits per heavy atom. The molecule has 0 bridgehead atoms. The fourth-order valence-electron chi connectivity index (χ4n) is 4.74. The highest BCUT2D eigenvalue weighted by Crippen LogP contribution is 2.38. The van der Waals surface area contributed by atoms with Crippen molar-refractivity contribution in [3.8, 4) is 23.0 Å². The summed E-state index contributed by atoms with van der Waals surface area (Å²) in [5.41, 5.74) is 1.36. The maximum absolute atomic E-state index is 13.5. The molecule has 2 aromatic rings. The first-order chi connectivity index (χ1) is 20.3. The molecule has 3 atom stereocenters. The number of aliphatic hydroxyl groups excluding tert-OH is 2. The zero-order valence-corrected chi connectivity index (χ0v) is 25.4. The predicted octanol–water partition coefficient (Wildman–Crippen LogP) is 1.82. The van der Waals surface area contributed by atoms with Gasteiger partial charge in [0.05, 0.1) is 23.3 Å². The van der Waals surface area contributed by atoms with Crippen molar-refractivity contribution in [1.82, 2.24) is 10.2 Å². The molecule has 12 nitrogen and oxygen atoms in total. The van der Waals surface area contributed by atoms with Gasteiger partial charge in [-0.05, 0) is 65.4 Å². The summed E-state index contributed by atoms with van der Waals surface area (Å²) in [6, 6.07) is 7.52. The summed E-state index contributed by atoms with van der Waals surface area (Å²) in [7, 11) is 1.43. The summed E-state index contributed by atoms with van der Waals surface area (Å²) >= 11 is 2.00. The van der Waals surface area contributed by atoms with E-state index in [4.69, 9.17) is 23.7 Å². The van der Waals surface area contributed by atoms with Crippen LogP contribution in [0.3, 0.4) is 0 Å². The Morgan fingerprint density at radius 1 is 1.21 bits per heavy atom. The van der Waals surface area contributed by atoms with Crippen LogP contribution in [0.4, 0.5) is 0 Å². The van der Waals surface area contributed by atoms with E-state index in [0.29, 0.717) is 33.5 Å². The largest absolute Gasteiger partial charge is 0.493 e. The van der Waals surface area contributed by atoms with Crippen LogP contribution in [-0.2, 0) is 20.9 Å². The van der Waals surface area contributed by atoms with E-state index < -0.39 is 30.1 Å². The molecule has 2 aromatic carbocycles. The number of halogens is 1. The molecule has 0 saturated carbocycles. The van der Waals surface area contributed by atoms with Crippen LogP contribution in [-0.4, -0.2) is 91.7 Å². The molecule has 0 aromatic heterocycles. The Kier molecular flexibility index (Phi) is 11.0. The molecule has 4 rings (SSSR count). The van der Waals surface area contributed by atoms with Crippen LogP contribution in [0.15, 0.2) is 42.0 Å². The molecule has 42 heavy (non-hydrogen) atoms. The van der Waals surface area contributed by atoms with Gasteiger partial charge in [0, 0.05) is 37.3 Å². The molecule has 0 radical (unpaired) electrons. The van der Waals surface area contributed by atoms with Gasteiger partial charge >= 0.3 is 0 Å². The number of carbonyl (C=O) groups is 3. The minimum Gasteiger partial charge on any atom is -0.493 e. The van der Waals surface area contributed by atoms with E-state index in [1.54, 1.807) is 31.2 Å². The third kappa shape index (κ3) is 7.32. The first-order valence-electron chi connectivity index (χ1n) is 13.3. The van der Waals surface area contributed by atoms with Crippen LogP contribution >= 0.6 is 22.6 Å². The minimum atomic E-state index is -1.27. The number of fused-ring (bicyclic) bond motifs is 1. The highest BCUT2D eigenvalue weighted by atomic mass is 127. The Bertz CT molecular complexity index is 1330. The van der Waals surface area contributed by atoms with Crippen molar-refractivity contribution >= 4 is 40.7 Å². The third-order valence-corrected chi connectivity index (χ3v) is 7.60. The molecule has 0 saturated heterocycles. The van der Waals surface area contributed by atoms with Crippen LogP contribution in [0.1, 0.15) is 29.3 Å².